The number of nitrogens with one attached hydrogen (secondary N) is 1. The molecule has 0 fully saturated rings. The molecule has 0 spiro atoms. The van der Waals surface area contributed by atoms with Gasteiger partial charge in [-0.1, -0.05) is 19.4 Å². The monoisotopic (exact) mass is 263 g/mol. The van der Waals surface area contributed by atoms with Crippen LogP contribution in [0.1, 0.15) is 18.9 Å². The minimum absolute atomic E-state index is 0.178. The number of aromatic nitrogens is 3. The van der Waals surface area contributed by atoms with Crippen molar-refractivity contribution in [3.05, 3.63) is 23.8 Å². The lowest BCUT2D eigenvalue weighted by Crippen LogP contribution is -2.58. The van der Waals surface area contributed by atoms with Gasteiger partial charge < -0.3 is 10.8 Å². The first-order valence-electron chi connectivity index (χ1n) is 6.52. The number of benzene rings is 1. The molecule has 0 aliphatic heterocycles. The molecule has 0 aliphatic rings. The van der Waals surface area contributed by atoms with E-state index in [-0.39, 0.29) is 6.61 Å². The van der Waals surface area contributed by atoms with Crippen LogP contribution in [0.15, 0.2) is 18.2 Å². The highest BCUT2D eigenvalue weighted by Gasteiger charge is 2.23. The number of hydrogen-bond donors (Lipinski definition) is 3. The van der Waals surface area contributed by atoms with Gasteiger partial charge in [0.05, 0.1) is 13.2 Å². The molecule has 1 atom stereocenters. The SMILES string of the molecule is CCCc1ccc2nn(CC(N)(CO)NC)nc2c1. The van der Waals surface area contributed by atoms with E-state index >= 15 is 0 Å². The minimum Gasteiger partial charge on any atom is -0.393 e. The van der Waals surface area contributed by atoms with Gasteiger partial charge in [0.2, 0.25) is 0 Å². The van der Waals surface area contributed by atoms with Crippen LogP contribution in [-0.4, -0.2) is 39.4 Å². The van der Waals surface area contributed by atoms with E-state index in [1.165, 1.54) is 10.4 Å². The lowest BCUT2D eigenvalue weighted by molar-refractivity contribution is 0.146. The van der Waals surface area contributed by atoms with Crippen molar-refractivity contribution in [2.45, 2.75) is 32.0 Å². The van der Waals surface area contributed by atoms with Crippen molar-refractivity contribution >= 4 is 11.0 Å². The lowest BCUT2D eigenvalue weighted by atomic mass is 10.1. The minimum atomic E-state index is -0.901. The van der Waals surface area contributed by atoms with Crippen molar-refractivity contribution in [2.75, 3.05) is 13.7 Å². The summed E-state index contributed by atoms with van der Waals surface area (Å²) in [7, 11) is 1.71. The van der Waals surface area contributed by atoms with Crippen LogP contribution in [0.2, 0.25) is 0 Å². The van der Waals surface area contributed by atoms with E-state index in [1.54, 1.807) is 7.05 Å². The molecular formula is C13H21N5O. The van der Waals surface area contributed by atoms with Gasteiger partial charge in [-0.15, -0.1) is 0 Å². The molecule has 4 N–H and O–H groups in total. The van der Waals surface area contributed by atoms with Gasteiger partial charge in [0.15, 0.2) is 0 Å². The first-order valence-corrected chi connectivity index (χ1v) is 6.52. The molecule has 0 saturated heterocycles. The standard InChI is InChI=1S/C13H21N5O/c1-3-4-10-5-6-11-12(7-10)17-18(16-11)8-13(14,9-19)15-2/h5-7,15,19H,3-4,8-9,14H2,1-2H3. The molecule has 6 heteroatoms. The third-order valence-corrected chi connectivity index (χ3v) is 3.23. The van der Waals surface area contributed by atoms with Gasteiger partial charge in [-0.3, -0.25) is 5.32 Å². The second kappa shape index (κ2) is 5.64. The van der Waals surface area contributed by atoms with Crippen LogP contribution >= 0.6 is 0 Å². The summed E-state index contributed by atoms with van der Waals surface area (Å²) in [4.78, 5) is 1.53. The Morgan fingerprint density at radius 2 is 2.11 bits per heavy atom. The predicted molar refractivity (Wildman–Crippen MR) is 74.6 cm³/mol. The second-order valence-corrected chi connectivity index (χ2v) is 4.87. The fourth-order valence-corrected chi connectivity index (χ4v) is 1.98. The van der Waals surface area contributed by atoms with E-state index in [0.29, 0.717) is 6.54 Å². The molecule has 1 aromatic carbocycles. The number of aliphatic hydroxyl groups excluding tert-OH is 1. The van der Waals surface area contributed by atoms with Crippen LogP contribution in [-0.2, 0) is 13.0 Å². The molecule has 1 unspecified atom stereocenters. The van der Waals surface area contributed by atoms with Crippen molar-refractivity contribution in [1.82, 2.24) is 20.3 Å². The zero-order valence-corrected chi connectivity index (χ0v) is 11.4. The van der Waals surface area contributed by atoms with Crippen molar-refractivity contribution < 1.29 is 5.11 Å². The number of nitrogens with zero attached hydrogens (tertiary/aromatic N) is 3. The summed E-state index contributed by atoms with van der Waals surface area (Å²) >= 11 is 0. The molecule has 19 heavy (non-hydrogen) atoms. The Balaban J connectivity index is 2.26. The zero-order valence-electron chi connectivity index (χ0n) is 11.4. The van der Waals surface area contributed by atoms with Gasteiger partial charge in [0.25, 0.3) is 0 Å². The third kappa shape index (κ3) is 3.09. The molecule has 2 aromatic rings. The summed E-state index contributed by atoms with van der Waals surface area (Å²) in [5.41, 5.74) is 8.03. The summed E-state index contributed by atoms with van der Waals surface area (Å²) < 4.78 is 0. The molecule has 104 valence electrons. The molecule has 0 bridgehead atoms. The molecule has 6 nitrogen and oxygen atoms in total. The first kappa shape index (κ1) is 13.9. The number of hydrogen-bond acceptors (Lipinski definition) is 5. The molecule has 1 aromatic heterocycles. The average Bonchev–Trinajstić information content (AvgIpc) is 2.80. The number of nitrogens with two attached hydrogens (primary N) is 1. The quantitative estimate of drug-likeness (QED) is 0.650. The Morgan fingerprint density at radius 1 is 1.37 bits per heavy atom. The highest BCUT2D eigenvalue weighted by Crippen LogP contribution is 2.13. The highest BCUT2D eigenvalue weighted by atomic mass is 16.3. The van der Waals surface area contributed by atoms with Crippen molar-refractivity contribution in [3.63, 3.8) is 0 Å². The van der Waals surface area contributed by atoms with E-state index < -0.39 is 5.66 Å². The van der Waals surface area contributed by atoms with E-state index in [4.69, 9.17) is 5.73 Å². The van der Waals surface area contributed by atoms with Crippen LogP contribution in [0.4, 0.5) is 0 Å². The number of likely N-dealkylation sites (N-methyl/N-ethyl adjacent to an activating group) is 1. The van der Waals surface area contributed by atoms with Gasteiger partial charge in [-0.25, -0.2) is 0 Å². The van der Waals surface area contributed by atoms with Gasteiger partial charge in [-0.2, -0.15) is 15.0 Å². The van der Waals surface area contributed by atoms with Crippen LogP contribution in [0.25, 0.3) is 11.0 Å². The Labute approximate surface area is 112 Å². The first-order chi connectivity index (χ1) is 9.10. The van der Waals surface area contributed by atoms with Crippen molar-refractivity contribution in [1.29, 1.82) is 0 Å². The summed E-state index contributed by atoms with van der Waals surface area (Å²) in [6.07, 6.45) is 2.15. The lowest BCUT2D eigenvalue weighted by Gasteiger charge is -2.25. The zero-order chi connectivity index (χ0) is 13.9. The molecule has 1 heterocycles. The van der Waals surface area contributed by atoms with Gasteiger partial charge in [0, 0.05) is 0 Å². The average molecular weight is 263 g/mol. The van der Waals surface area contributed by atoms with Crippen molar-refractivity contribution in [2.24, 2.45) is 5.73 Å². The molecular weight excluding hydrogens is 242 g/mol. The Morgan fingerprint density at radius 3 is 2.74 bits per heavy atom. The number of aliphatic hydroxyl groups is 1. The number of aryl methyl sites for hydroxylation is 1. The Hall–Kier alpha value is -1.50. The van der Waals surface area contributed by atoms with E-state index in [2.05, 4.69) is 34.6 Å². The van der Waals surface area contributed by atoms with Crippen LogP contribution < -0.4 is 11.1 Å². The van der Waals surface area contributed by atoms with Crippen molar-refractivity contribution in [3.8, 4) is 0 Å². The topological polar surface area (TPSA) is 89.0 Å². The van der Waals surface area contributed by atoms with Crippen LogP contribution in [0.5, 0.6) is 0 Å². The fourth-order valence-electron chi connectivity index (χ4n) is 1.98. The summed E-state index contributed by atoms with van der Waals surface area (Å²) in [6.45, 7) is 2.29. The normalized spacial score (nSPS) is 14.7. The van der Waals surface area contributed by atoms with E-state index in [9.17, 15) is 5.11 Å². The predicted octanol–water partition coefficient (Wildman–Crippen LogP) is 0.251. The molecule has 0 saturated carbocycles. The maximum absolute atomic E-state index is 9.28. The van der Waals surface area contributed by atoms with E-state index in [0.717, 1.165) is 23.9 Å². The summed E-state index contributed by atoms with van der Waals surface area (Å²) in [5, 5.41) is 20.9. The third-order valence-electron chi connectivity index (χ3n) is 3.23. The second-order valence-electron chi connectivity index (χ2n) is 4.87. The number of rotatable bonds is 6. The van der Waals surface area contributed by atoms with Gasteiger partial charge >= 0.3 is 0 Å². The smallest absolute Gasteiger partial charge is 0.113 e. The Bertz CT molecular complexity index is 547. The molecule has 0 radical (unpaired) electrons. The van der Waals surface area contributed by atoms with Gasteiger partial charge in [0.1, 0.15) is 16.7 Å². The van der Waals surface area contributed by atoms with E-state index in [1.807, 2.05) is 6.07 Å². The summed E-state index contributed by atoms with van der Waals surface area (Å²) in [6, 6.07) is 6.10. The summed E-state index contributed by atoms with van der Waals surface area (Å²) in [5.74, 6) is 0. The highest BCUT2D eigenvalue weighted by molar-refractivity contribution is 5.74. The molecule has 0 aliphatic carbocycles. The van der Waals surface area contributed by atoms with Crippen LogP contribution in [0.3, 0.4) is 0 Å². The fraction of sp³-hybridized carbons (Fsp3) is 0.538. The number of fused-ring (bicyclic) bond motifs is 1. The maximum Gasteiger partial charge on any atom is 0.113 e. The largest absolute Gasteiger partial charge is 0.393 e. The van der Waals surface area contributed by atoms with Gasteiger partial charge in [-0.05, 0) is 31.2 Å². The maximum atomic E-state index is 9.28. The molecule has 0 amide bonds. The Kier molecular flexibility index (Phi) is 4.14. The molecule has 2 rings (SSSR count). The van der Waals surface area contributed by atoms with Crippen LogP contribution in [0, 0.1) is 0 Å².